The van der Waals surface area contributed by atoms with Crippen LogP contribution in [0.4, 0.5) is 4.39 Å². The van der Waals surface area contributed by atoms with Gasteiger partial charge < -0.3 is 24.8 Å². The molecule has 0 spiro atoms. The SMILES string of the molecule is CC(C)(C)c1[c-]c2c(cc1)-c1ccc(C(C)(C)C)cc1C2.Cc1cc(C(C)(C)C)c(C)[cH-]1.Fc1ccc([CH]=[Zr+2])cc1.[Cl-].[Cl-]. The van der Waals surface area contributed by atoms with Crippen molar-refractivity contribution < 1.29 is 53.4 Å². The molecule has 4 heteroatoms. The van der Waals surface area contributed by atoms with Gasteiger partial charge in [-0.2, -0.15) is 46.5 Å². The molecule has 0 heterocycles. The molecule has 0 N–H and O–H groups in total. The average molecular weight is 697 g/mol. The van der Waals surface area contributed by atoms with Crippen LogP contribution < -0.4 is 24.8 Å². The number of fused-ring (bicyclic) bond motifs is 3. The Bertz CT molecular complexity index is 1430. The van der Waals surface area contributed by atoms with Crippen LogP contribution >= 0.6 is 0 Å². The van der Waals surface area contributed by atoms with E-state index in [2.05, 4.69) is 125 Å². The summed E-state index contributed by atoms with van der Waals surface area (Å²) < 4.78 is 14.2. The van der Waals surface area contributed by atoms with Gasteiger partial charge in [-0.15, -0.1) is 11.1 Å². The topological polar surface area (TPSA) is 0 Å². The number of hydrogen-bond acceptors (Lipinski definition) is 0. The van der Waals surface area contributed by atoms with Crippen molar-refractivity contribution in [3.05, 3.63) is 123 Å². The Morgan fingerprint density at radius 3 is 1.77 bits per heavy atom. The third-order valence-electron chi connectivity index (χ3n) is 7.55. The summed E-state index contributed by atoms with van der Waals surface area (Å²) in [6.45, 7) is 24.7. The van der Waals surface area contributed by atoms with Crippen LogP contribution in [0.1, 0.15) is 107 Å². The average Bonchev–Trinajstić information content (AvgIpc) is 3.42. The predicted molar refractivity (Wildman–Crippen MR) is 173 cm³/mol. The number of halogens is 3. The van der Waals surface area contributed by atoms with E-state index in [1.807, 2.05) is 3.71 Å². The Balaban J connectivity index is 0.000000356. The second-order valence-corrected chi connectivity index (χ2v) is 15.1. The summed E-state index contributed by atoms with van der Waals surface area (Å²) in [5, 5.41) is 0. The molecule has 0 fully saturated rings. The van der Waals surface area contributed by atoms with Crippen LogP contribution in [0.5, 0.6) is 0 Å². The predicted octanol–water partition coefficient (Wildman–Crippen LogP) is 4.50. The van der Waals surface area contributed by atoms with E-state index in [-0.39, 0.29) is 41.5 Å². The molecule has 4 aromatic carbocycles. The van der Waals surface area contributed by atoms with Gasteiger partial charge in [-0.05, 0) is 28.4 Å². The Kier molecular flexibility index (Phi) is 14.2. The first kappa shape index (κ1) is 39.3. The first-order valence-corrected chi connectivity index (χ1v) is 16.0. The summed E-state index contributed by atoms with van der Waals surface area (Å²) in [7, 11) is 0. The molecule has 0 bridgehead atoms. The van der Waals surface area contributed by atoms with E-state index < -0.39 is 0 Å². The number of benzene rings is 3. The number of hydrogen-bond donors (Lipinski definition) is 0. The summed E-state index contributed by atoms with van der Waals surface area (Å²) in [4.78, 5) is 0. The molecule has 0 nitrogen and oxygen atoms in total. The molecule has 0 aromatic heterocycles. The van der Waals surface area contributed by atoms with Crippen LogP contribution in [-0.2, 0) is 46.9 Å². The monoisotopic (exact) mass is 694 g/mol. The normalized spacial score (nSPS) is 11.9. The van der Waals surface area contributed by atoms with E-state index >= 15 is 0 Å². The van der Waals surface area contributed by atoms with E-state index in [0.29, 0.717) is 5.41 Å². The van der Waals surface area contributed by atoms with Gasteiger partial charge in [-0.25, -0.2) is 6.07 Å². The Morgan fingerprint density at radius 2 is 1.33 bits per heavy atom. The van der Waals surface area contributed by atoms with Crippen LogP contribution in [-0.4, -0.2) is 3.71 Å². The van der Waals surface area contributed by atoms with E-state index in [1.54, 1.807) is 12.1 Å². The molecule has 0 saturated heterocycles. The molecule has 5 rings (SSSR count). The Labute approximate surface area is 288 Å². The maximum atomic E-state index is 12.2. The van der Waals surface area contributed by atoms with Gasteiger partial charge in [-0.1, -0.05) is 105 Å². The summed E-state index contributed by atoms with van der Waals surface area (Å²) in [6, 6.07) is 26.2. The van der Waals surface area contributed by atoms with Gasteiger partial charge in [0.25, 0.3) is 0 Å². The van der Waals surface area contributed by atoms with E-state index in [1.165, 1.54) is 86.4 Å². The van der Waals surface area contributed by atoms with Crippen LogP contribution in [0.2, 0.25) is 0 Å². The molecule has 0 radical (unpaired) electrons. The van der Waals surface area contributed by atoms with Crippen molar-refractivity contribution in [3.63, 3.8) is 0 Å². The summed E-state index contributed by atoms with van der Waals surface area (Å²) in [5.41, 5.74) is 14.4. The van der Waals surface area contributed by atoms with Crippen molar-refractivity contribution >= 4 is 3.71 Å². The molecule has 0 unspecified atom stereocenters. The fraction of sp³-hybridized carbons (Fsp3) is 0.385. The molecule has 43 heavy (non-hydrogen) atoms. The van der Waals surface area contributed by atoms with Gasteiger partial charge >= 0.3 is 68.0 Å². The molecule has 0 atom stereocenters. The van der Waals surface area contributed by atoms with Crippen molar-refractivity contribution in [1.29, 1.82) is 0 Å². The van der Waals surface area contributed by atoms with Gasteiger partial charge in [0.05, 0.1) is 0 Å². The smallest absolute Gasteiger partial charge is 1.00 e. The third-order valence-corrected chi connectivity index (χ3v) is 8.37. The minimum Gasteiger partial charge on any atom is -1.00 e. The quantitative estimate of drug-likeness (QED) is 0.227. The standard InChI is InChI=1S/C21H25.C11H17.C7H5F.2ClH.Zr/c1-20(2,3)16-7-9-18-14(12-16)11-15-13-17(21(4,5)6)8-10-19(15)18;1-8-6-9(2)10(7-8)11(3,4)5;1-6-2-4-7(8)5-3-6;;;/h7-10,12H,11H2,1-6H3;6-7H,1-5H3;1-5H;2*1H;/q2*-1;;;;+2/p-2. The zero-order valence-electron chi connectivity index (χ0n) is 27.8. The maximum Gasteiger partial charge on any atom is -1.00 e. The largest absolute Gasteiger partial charge is 1.00 e. The zero-order valence-corrected chi connectivity index (χ0v) is 31.7. The summed E-state index contributed by atoms with van der Waals surface area (Å²) in [6.07, 6.45) is 1.03. The van der Waals surface area contributed by atoms with Crippen LogP contribution in [0, 0.1) is 25.7 Å². The van der Waals surface area contributed by atoms with E-state index in [0.717, 1.165) is 12.0 Å². The fourth-order valence-electron chi connectivity index (χ4n) is 5.20. The molecular weight excluding hydrogens is 650 g/mol. The van der Waals surface area contributed by atoms with Gasteiger partial charge in [-0.3, -0.25) is 0 Å². The van der Waals surface area contributed by atoms with Crippen LogP contribution in [0.15, 0.2) is 66.7 Å². The minimum atomic E-state index is -0.170. The van der Waals surface area contributed by atoms with E-state index in [9.17, 15) is 4.39 Å². The number of rotatable bonds is 1. The van der Waals surface area contributed by atoms with E-state index in [4.69, 9.17) is 0 Å². The molecule has 0 saturated carbocycles. The van der Waals surface area contributed by atoms with Crippen LogP contribution in [0.25, 0.3) is 11.1 Å². The molecule has 0 aliphatic heterocycles. The molecule has 1 aliphatic rings. The Morgan fingerprint density at radius 1 is 0.744 bits per heavy atom. The fourth-order valence-corrected chi connectivity index (χ4v) is 5.67. The first-order valence-electron chi connectivity index (χ1n) is 14.6. The van der Waals surface area contributed by atoms with Crippen molar-refractivity contribution in [2.45, 2.75) is 98.8 Å². The molecule has 230 valence electrons. The van der Waals surface area contributed by atoms with Crippen LogP contribution in [0.3, 0.4) is 0 Å². The van der Waals surface area contributed by atoms with Gasteiger partial charge in [0.15, 0.2) is 0 Å². The van der Waals surface area contributed by atoms with Gasteiger partial charge in [0, 0.05) is 0 Å². The zero-order chi connectivity index (χ0) is 30.8. The maximum absolute atomic E-state index is 12.2. The van der Waals surface area contributed by atoms with Crippen molar-refractivity contribution in [2.24, 2.45) is 0 Å². The Hall–Kier alpha value is -1.73. The van der Waals surface area contributed by atoms with Crippen molar-refractivity contribution in [1.82, 2.24) is 0 Å². The molecule has 0 amide bonds. The first-order chi connectivity index (χ1) is 18.9. The van der Waals surface area contributed by atoms with Crippen molar-refractivity contribution in [3.8, 4) is 11.1 Å². The van der Waals surface area contributed by atoms with Crippen molar-refractivity contribution in [2.75, 3.05) is 0 Å². The second-order valence-electron chi connectivity index (χ2n) is 14.4. The van der Waals surface area contributed by atoms with Gasteiger partial charge in [0.1, 0.15) is 0 Å². The molecule has 4 aromatic rings. The minimum absolute atomic E-state index is 0. The molecule has 1 aliphatic carbocycles. The van der Waals surface area contributed by atoms with Gasteiger partial charge in [0.2, 0.25) is 0 Å². The number of aryl methyl sites for hydroxylation is 2. The summed E-state index contributed by atoms with van der Waals surface area (Å²) >= 11 is 1.34. The molecular formula is C39H47Cl2FZr-2. The summed E-state index contributed by atoms with van der Waals surface area (Å²) in [5.74, 6) is -0.170. The third kappa shape index (κ3) is 10.7. The second kappa shape index (κ2) is 15.5.